The highest BCUT2D eigenvalue weighted by Gasteiger charge is 2.32. The third-order valence-electron chi connectivity index (χ3n) is 3.27. The van der Waals surface area contributed by atoms with Gasteiger partial charge < -0.3 is 4.90 Å². The van der Waals surface area contributed by atoms with Crippen molar-refractivity contribution in [2.24, 2.45) is 5.11 Å². The van der Waals surface area contributed by atoms with Crippen LogP contribution in [0.15, 0.2) is 23.4 Å². The van der Waals surface area contributed by atoms with Crippen LogP contribution in [0.4, 0.5) is 13.2 Å². The van der Waals surface area contributed by atoms with Crippen molar-refractivity contribution in [3.8, 4) is 0 Å². The molecular formula is C12H12F3N5O. The van der Waals surface area contributed by atoms with Crippen LogP contribution in [0.5, 0.6) is 0 Å². The standard InChI is InChI=1S/C12H12F3N5O/c13-12(14,15)10-2-1-8(7-17-10)11(21)20-5-3-9(4-6-20)18-19-16/h1-2,7,9H,3-6H2. The van der Waals surface area contributed by atoms with Gasteiger partial charge in [0.15, 0.2) is 0 Å². The minimum Gasteiger partial charge on any atom is -0.339 e. The molecule has 0 saturated carbocycles. The normalized spacial score (nSPS) is 16.4. The van der Waals surface area contributed by atoms with E-state index in [0.29, 0.717) is 25.9 Å². The highest BCUT2D eigenvalue weighted by Crippen LogP contribution is 2.27. The number of hydrogen-bond acceptors (Lipinski definition) is 3. The molecule has 0 bridgehead atoms. The Morgan fingerprint density at radius 3 is 2.52 bits per heavy atom. The number of amides is 1. The van der Waals surface area contributed by atoms with Gasteiger partial charge in [0.05, 0.1) is 5.56 Å². The van der Waals surface area contributed by atoms with Gasteiger partial charge >= 0.3 is 6.18 Å². The maximum Gasteiger partial charge on any atom is 0.433 e. The molecule has 0 aliphatic carbocycles. The fourth-order valence-electron chi connectivity index (χ4n) is 2.13. The molecule has 0 spiro atoms. The maximum atomic E-state index is 12.4. The lowest BCUT2D eigenvalue weighted by atomic mass is 10.1. The molecule has 0 N–H and O–H groups in total. The Hall–Kier alpha value is -2.28. The van der Waals surface area contributed by atoms with E-state index in [1.807, 2.05) is 0 Å². The fraction of sp³-hybridized carbons (Fsp3) is 0.500. The molecule has 112 valence electrons. The molecule has 0 radical (unpaired) electrons. The molecule has 1 aromatic heterocycles. The number of hydrogen-bond donors (Lipinski definition) is 0. The number of carbonyl (C=O) groups is 1. The number of halogens is 3. The molecule has 6 nitrogen and oxygen atoms in total. The van der Waals surface area contributed by atoms with E-state index in [0.717, 1.165) is 18.3 Å². The lowest BCUT2D eigenvalue weighted by molar-refractivity contribution is -0.141. The zero-order chi connectivity index (χ0) is 15.5. The van der Waals surface area contributed by atoms with E-state index >= 15 is 0 Å². The first-order valence-corrected chi connectivity index (χ1v) is 6.28. The van der Waals surface area contributed by atoms with Gasteiger partial charge in [-0.05, 0) is 30.5 Å². The van der Waals surface area contributed by atoms with Crippen molar-refractivity contribution in [3.63, 3.8) is 0 Å². The molecular weight excluding hydrogens is 287 g/mol. The van der Waals surface area contributed by atoms with Crippen LogP contribution in [-0.4, -0.2) is 34.9 Å². The molecule has 0 aromatic carbocycles. The number of carbonyl (C=O) groups excluding carboxylic acids is 1. The molecule has 2 heterocycles. The first-order chi connectivity index (χ1) is 9.91. The van der Waals surface area contributed by atoms with Crippen molar-refractivity contribution in [2.45, 2.75) is 25.1 Å². The monoisotopic (exact) mass is 299 g/mol. The van der Waals surface area contributed by atoms with E-state index in [2.05, 4.69) is 15.0 Å². The SMILES string of the molecule is [N-]=[N+]=NC1CCN(C(=O)c2ccc(C(F)(F)F)nc2)CC1. The van der Waals surface area contributed by atoms with Gasteiger partial charge in [-0.15, -0.1) is 0 Å². The van der Waals surface area contributed by atoms with E-state index in [4.69, 9.17) is 5.53 Å². The summed E-state index contributed by atoms with van der Waals surface area (Å²) < 4.78 is 37.2. The Morgan fingerprint density at radius 1 is 1.38 bits per heavy atom. The van der Waals surface area contributed by atoms with Crippen molar-refractivity contribution in [3.05, 3.63) is 40.0 Å². The van der Waals surface area contributed by atoms with Gasteiger partial charge in [-0.1, -0.05) is 5.11 Å². The number of piperidine rings is 1. The van der Waals surface area contributed by atoms with E-state index in [-0.39, 0.29) is 17.5 Å². The first kappa shape index (κ1) is 15.1. The summed E-state index contributed by atoms with van der Waals surface area (Å²) in [6.45, 7) is 0.813. The van der Waals surface area contributed by atoms with Crippen molar-refractivity contribution < 1.29 is 18.0 Å². The summed E-state index contributed by atoms with van der Waals surface area (Å²) >= 11 is 0. The molecule has 1 aromatic rings. The largest absolute Gasteiger partial charge is 0.433 e. The molecule has 1 aliphatic heterocycles. The second kappa shape index (κ2) is 6.01. The topological polar surface area (TPSA) is 82.0 Å². The average molecular weight is 299 g/mol. The molecule has 21 heavy (non-hydrogen) atoms. The second-order valence-corrected chi connectivity index (χ2v) is 4.66. The van der Waals surface area contributed by atoms with Crippen LogP contribution in [0.2, 0.25) is 0 Å². The zero-order valence-corrected chi connectivity index (χ0v) is 10.9. The van der Waals surface area contributed by atoms with Crippen molar-refractivity contribution >= 4 is 5.91 Å². The van der Waals surface area contributed by atoms with E-state index in [9.17, 15) is 18.0 Å². The van der Waals surface area contributed by atoms with Crippen LogP contribution in [0, 0.1) is 0 Å². The smallest absolute Gasteiger partial charge is 0.339 e. The third kappa shape index (κ3) is 3.63. The maximum absolute atomic E-state index is 12.4. The Morgan fingerprint density at radius 2 is 2.05 bits per heavy atom. The molecule has 0 unspecified atom stereocenters. The Bertz CT molecular complexity index is 557. The molecule has 1 amide bonds. The predicted octanol–water partition coefficient (Wildman–Crippen LogP) is 3.02. The summed E-state index contributed by atoms with van der Waals surface area (Å²) in [5.41, 5.74) is 7.43. The molecule has 9 heteroatoms. The summed E-state index contributed by atoms with van der Waals surface area (Å²) in [6.07, 6.45) is -2.49. The molecule has 1 fully saturated rings. The lowest BCUT2D eigenvalue weighted by Gasteiger charge is -2.29. The second-order valence-electron chi connectivity index (χ2n) is 4.66. The van der Waals surface area contributed by atoms with Crippen LogP contribution in [0.25, 0.3) is 10.4 Å². The summed E-state index contributed by atoms with van der Waals surface area (Å²) in [6, 6.07) is 1.78. The number of likely N-dealkylation sites (tertiary alicyclic amines) is 1. The minimum absolute atomic E-state index is 0.116. The summed E-state index contributed by atoms with van der Waals surface area (Å²) in [7, 11) is 0. The van der Waals surface area contributed by atoms with Gasteiger partial charge in [0.25, 0.3) is 5.91 Å². The van der Waals surface area contributed by atoms with Crippen LogP contribution in [-0.2, 0) is 6.18 Å². The Labute approximate surface area is 118 Å². The predicted molar refractivity (Wildman–Crippen MR) is 67.3 cm³/mol. The third-order valence-corrected chi connectivity index (χ3v) is 3.27. The molecule has 1 saturated heterocycles. The molecule has 1 aliphatic rings. The zero-order valence-electron chi connectivity index (χ0n) is 10.9. The minimum atomic E-state index is -4.52. The number of azide groups is 1. The number of nitrogens with zero attached hydrogens (tertiary/aromatic N) is 5. The summed E-state index contributed by atoms with van der Waals surface area (Å²) in [5.74, 6) is -0.365. The van der Waals surface area contributed by atoms with Crippen molar-refractivity contribution in [1.82, 2.24) is 9.88 Å². The highest BCUT2D eigenvalue weighted by molar-refractivity contribution is 5.94. The van der Waals surface area contributed by atoms with Gasteiger partial charge in [0.2, 0.25) is 0 Å². The van der Waals surface area contributed by atoms with Gasteiger partial charge in [0, 0.05) is 30.2 Å². The van der Waals surface area contributed by atoms with Crippen LogP contribution in [0.1, 0.15) is 28.9 Å². The van der Waals surface area contributed by atoms with Crippen molar-refractivity contribution in [2.75, 3.05) is 13.1 Å². The lowest BCUT2D eigenvalue weighted by Crippen LogP contribution is -2.39. The van der Waals surface area contributed by atoms with E-state index in [1.165, 1.54) is 4.90 Å². The number of pyridine rings is 1. The Balaban J connectivity index is 2.02. The van der Waals surface area contributed by atoms with Crippen LogP contribution < -0.4 is 0 Å². The highest BCUT2D eigenvalue weighted by atomic mass is 19.4. The number of aromatic nitrogens is 1. The van der Waals surface area contributed by atoms with Gasteiger partial charge in [-0.2, -0.15) is 13.2 Å². The van der Waals surface area contributed by atoms with Gasteiger partial charge in [0.1, 0.15) is 5.69 Å². The first-order valence-electron chi connectivity index (χ1n) is 6.28. The van der Waals surface area contributed by atoms with Crippen molar-refractivity contribution in [1.29, 1.82) is 0 Å². The fourth-order valence-corrected chi connectivity index (χ4v) is 2.13. The molecule has 2 rings (SSSR count). The van der Waals surface area contributed by atoms with E-state index < -0.39 is 11.9 Å². The van der Waals surface area contributed by atoms with Gasteiger partial charge in [-0.3, -0.25) is 9.78 Å². The average Bonchev–Trinajstić information content (AvgIpc) is 2.47. The summed E-state index contributed by atoms with van der Waals surface area (Å²) in [4.78, 5) is 19.6. The van der Waals surface area contributed by atoms with Gasteiger partial charge in [-0.25, -0.2) is 0 Å². The quantitative estimate of drug-likeness (QED) is 0.478. The number of rotatable bonds is 2. The summed E-state index contributed by atoms with van der Waals surface area (Å²) in [5, 5.41) is 3.59. The molecule has 0 atom stereocenters. The number of alkyl halides is 3. The van der Waals surface area contributed by atoms with Crippen LogP contribution in [0.3, 0.4) is 0 Å². The van der Waals surface area contributed by atoms with Crippen LogP contribution >= 0.6 is 0 Å². The van der Waals surface area contributed by atoms with E-state index in [1.54, 1.807) is 0 Å². The Kier molecular flexibility index (Phi) is 4.32.